The number of hydrogen-bond donors (Lipinski definition) is 2. The molecule has 0 saturated carbocycles. The Labute approximate surface area is 162 Å². The number of carbonyl (C=O) groups is 1. The lowest BCUT2D eigenvalue weighted by Crippen LogP contribution is -2.31. The number of rotatable bonds is 7. The summed E-state index contributed by atoms with van der Waals surface area (Å²) in [7, 11) is 0. The van der Waals surface area contributed by atoms with Crippen molar-refractivity contribution in [1.29, 1.82) is 0 Å². The Morgan fingerprint density at radius 3 is 2.37 bits per heavy atom. The molecule has 1 amide bonds. The molecule has 3 N–H and O–H groups in total. The fourth-order valence-corrected chi connectivity index (χ4v) is 2.66. The molecule has 148 valence electrons. The average molecular weight is 373 g/mol. The van der Waals surface area contributed by atoms with Crippen LogP contribution in [0.4, 0.5) is 0 Å². The summed E-state index contributed by atoms with van der Waals surface area (Å²) in [6, 6.07) is 0. The highest BCUT2D eigenvalue weighted by molar-refractivity contribution is 5.98. The van der Waals surface area contributed by atoms with Crippen molar-refractivity contribution in [2.75, 3.05) is 13.1 Å². The van der Waals surface area contributed by atoms with Crippen LogP contribution in [0.1, 0.15) is 34.6 Å². The molecule has 1 heterocycles. The number of nitrogens with two attached hydrogens (primary N) is 1. The van der Waals surface area contributed by atoms with Gasteiger partial charge < -0.3 is 20.5 Å². The van der Waals surface area contributed by atoms with Gasteiger partial charge in [-0.15, -0.1) is 0 Å². The fraction of sp³-hybridized carbons (Fsp3) is 0.409. The summed E-state index contributed by atoms with van der Waals surface area (Å²) in [6.45, 7) is 13.6. The van der Waals surface area contributed by atoms with Crippen LogP contribution in [-0.4, -0.2) is 41.2 Å². The number of nitrogens with zero attached hydrogens (tertiary/aromatic N) is 1. The second-order valence-electron chi connectivity index (χ2n) is 6.69. The molecule has 0 spiro atoms. The van der Waals surface area contributed by atoms with Crippen LogP contribution in [0.15, 0.2) is 71.2 Å². The van der Waals surface area contributed by atoms with Crippen LogP contribution >= 0.6 is 0 Å². The number of aliphatic hydroxyl groups is 1. The lowest BCUT2D eigenvalue weighted by molar-refractivity contribution is -0.126. The van der Waals surface area contributed by atoms with Gasteiger partial charge in [-0.2, -0.15) is 0 Å². The summed E-state index contributed by atoms with van der Waals surface area (Å²) in [4.78, 5) is 14.7. The van der Waals surface area contributed by atoms with Crippen LogP contribution in [0.3, 0.4) is 0 Å². The van der Waals surface area contributed by atoms with Gasteiger partial charge in [-0.1, -0.05) is 30.4 Å². The maximum absolute atomic E-state index is 13.0. The number of β-amino-alcohol motifs (C(OH)–C–C–N with tert-alkyl or cyclic N) is 1. The third-order valence-electron chi connectivity index (χ3n) is 4.38. The topological polar surface area (TPSA) is 75.8 Å². The van der Waals surface area contributed by atoms with Crippen LogP contribution in [0.2, 0.25) is 0 Å². The van der Waals surface area contributed by atoms with E-state index in [2.05, 4.69) is 6.58 Å². The third kappa shape index (κ3) is 6.61. The number of aliphatic hydroxyl groups excluding tert-OH is 1. The standard InChI is InChI=1S/C22H32N2O3/c1-7-10-18(12-17(6)23)27-21-14-24(13-20(21)25)22(26)19(16(5)9-3)11-15(4)8-2/h7-12,20-21,25H,1,13-14,23H2,2-6H3/b15-8-,16-9-,17-12+,18-10+,19-11+. The quantitative estimate of drug-likeness (QED) is 0.408. The highest BCUT2D eigenvalue weighted by Crippen LogP contribution is 2.23. The molecular formula is C22H32N2O3. The highest BCUT2D eigenvalue weighted by atomic mass is 16.5. The predicted molar refractivity (Wildman–Crippen MR) is 111 cm³/mol. The number of carbonyl (C=O) groups excluding carboxylic acids is 1. The lowest BCUT2D eigenvalue weighted by atomic mass is 10.0. The van der Waals surface area contributed by atoms with Crippen molar-refractivity contribution < 1.29 is 14.6 Å². The molecule has 27 heavy (non-hydrogen) atoms. The molecule has 1 saturated heterocycles. The predicted octanol–water partition coefficient (Wildman–Crippen LogP) is 3.37. The first-order valence-electron chi connectivity index (χ1n) is 9.11. The summed E-state index contributed by atoms with van der Waals surface area (Å²) in [5.74, 6) is 0.394. The van der Waals surface area contributed by atoms with E-state index in [1.165, 1.54) is 0 Å². The maximum Gasteiger partial charge on any atom is 0.254 e. The van der Waals surface area contributed by atoms with Gasteiger partial charge >= 0.3 is 0 Å². The molecule has 0 radical (unpaired) electrons. The van der Waals surface area contributed by atoms with Gasteiger partial charge in [-0.25, -0.2) is 0 Å². The van der Waals surface area contributed by atoms with Gasteiger partial charge in [0.05, 0.1) is 13.1 Å². The van der Waals surface area contributed by atoms with Crippen LogP contribution < -0.4 is 5.73 Å². The number of likely N-dealkylation sites (tertiary alicyclic amines) is 1. The second-order valence-corrected chi connectivity index (χ2v) is 6.69. The van der Waals surface area contributed by atoms with Gasteiger partial charge in [0.2, 0.25) is 0 Å². The second kappa shape index (κ2) is 10.6. The van der Waals surface area contributed by atoms with Gasteiger partial charge in [0.25, 0.3) is 5.91 Å². The minimum Gasteiger partial charge on any atom is -0.486 e. The van der Waals surface area contributed by atoms with Crippen molar-refractivity contribution in [2.24, 2.45) is 5.73 Å². The summed E-state index contributed by atoms with van der Waals surface area (Å²) >= 11 is 0. The van der Waals surface area contributed by atoms with Crippen LogP contribution in [0.5, 0.6) is 0 Å². The van der Waals surface area contributed by atoms with E-state index < -0.39 is 12.2 Å². The van der Waals surface area contributed by atoms with E-state index in [0.717, 1.165) is 11.1 Å². The smallest absolute Gasteiger partial charge is 0.254 e. The van der Waals surface area contributed by atoms with Crippen molar-refractivity contribution >= 4 is 5.91 Å². The van der Waals surface area contributed by atoms with E-state index in [4.69, 9.17) is 10.5 Å². The Bertz CT molecular complexity index is 707. The van der Waals surface area contributed by atoms with E-state index in [1.54, 1.807) is 30.1 Å². The minimum absolute atomic E-state index is 0.114. The van der Waals surface area contributed by atoms with Gasteiger partial charge in [0, 0.05) is 11.3 Å². The molecule has 1 aliphatic rings. The maximum atomic E-state index is 13.0. The largest absolute Gasteiger partial charge is 0.486 e. The first-order chi connectivity index (χ1) is 12.7. The van der Waals surface area contributed by atoms with Crippen molar-refractivity contribution in [3.63, 3.8) is 0 Å². The Morgan fingerprint density at radius 2 is 1.85 bits per heavy atom. The SMILES string of the molecule is C=C/C=C(\C=C(/C)N)OC1CN(C(=O)C(=C/C(C)=C\C)/C(C)=C\C)CC1O. The molecule has 5 nitrogen and oxygen atoms in total. The van der Waals surface area contributed by atoms with Crippen LogP contribution in [0.25, 0.3) is 0 Å². The van der Waals surface area contributed by atoms with Crippen molar-refractivity contribution in [2.45, 2.75) is 46.8 Å². The van der Waals surface area contributed by atoms with Gasteiger partial charge in [-0.05, 0) is 58.4 Å². The Hall–Kier alpha value is -2.53. The van der Waals surface area contributed by atoms with E-state index in [9.17, 15) is 9.90 Å². The minimum atomic E-state index is -0.774. The molecule has 0 aromatic heterocycles. The number of allylic oxidation sites excluding steroid dienone is 8. The highest BCUT2D eigenvalue weighted by Gasteiger charge is 2.36. The van der Waals surface area contributed by atoms with Crippen molar-refractivity contribution in [3.8, 4) is 0 Å². The normalized spacial score (nSPS) is 22.9. The Kier molecular flexibility index (Phi) is 8.82. The summed E-state index contributed by atoms with van der Waals surface area (Å²) in [5, 5.41) is 10.4. The summed E-state index contributed by atoms with van der Waals surface area (Å²) in [5.41, 5.74) is 8.83. The molecule has 0 aliphatic carbocycles. The number of hydrogen-bond acceptors (Lipinski definition) is 4. The van der Waals surface area contributed by atoms with E-state index in [0.29, 0.717) is 23.6 Å². The zero-order chi connectivity index (χ0) is 20.6. The molecule has 1 aliphatic heterocycles. The molecule has 2 atom stereocenters. The van der Waals surface area contributed by atoms with E-state index >= 15 is 0 Å². The Balaban J connectivity index is 3.02. The zero-order valence-corrected chi connectivity index (χ0v) is 17.0. The molecule has 5 heteroatoms. The summed E-state index contributed by atoms with van der Waals surface area (Å²) < 4.78 is 5.87. The van der Waals surface area contributed by atoms with Gasteiger partial charge in [0.1, 0.15) is 18.0 Å². The van der Waals surface area contributed by atoms with Crippen LogP contribution in [-0.2, 0) is 9.53 Å². The summed E-state index contributed by atoms with van der Waals surface area (Å²) in [6.07, 6.45) is 9.38. The Morgan fingerprint density at radius 1 is 1.19 bits per heavy atom. The van der Waals surface area contributed by atoms with E-state index in [-0.39, 0.29) is 12.5 Å². The van der Waals surface area contributed by atoms with Gasteiger partial charge in [-0.3, -0.25) is 4.79 Å². The molecule has 0 bridgehead atoms. The van der Waals surface area contributed by atoms with E-state index in [1.807, 2.05) is 45.9 Å². The molecule has 2 unspecified atom stereocenters. The molecule has 1 rings (SSSR count). The number of amides is 1. The van der Waals surface area contributed by atoms with Crippen LogP contribution in [0, 0.1) is 0 Å². The molecular weight excluding hydrogens is 340 g/mol. The molecule has 1 fully saturated rings. The zero-order valence-electron chi connectivity index (χ0n) is 17.0. The number of ether oxygens (including phenoxy) is 1. The van der Waals surface area contributed by atoms with Gasteiger partial charge in [0.15, 0.2) is 0 Å². The first-order valence-corrected chi connectivity index (χ1v) is 9.11. The van der Waals surface area contributed by atoms with Crippen molar-refractivity contribution in [1.82, 2.24) is 4.90 Å². The third-order valence-corrected chi connectivity index (χ3v) is 4.38. The lowest BCUT2D eigenvalue weighted by Gasteiger charge is -2.19. The average Bonchev–Trinajstić information content (AvgIpc) is 2.98. The van der Waals surface area contributed by atoms with Crippen molar-refractivity contribution in [3.05, 3.63) is 71.2 Å². The first kappa shape index (κ1) is 22.5. The fourth-order valence-electron chi connectivity index (χ4n) is 2.66. The monoisotopic (exact) mass is 372 g/mol. The molecule has 0 aromatic rings. The molecule has 0 aromatic carbocycles.